The van der Waals surface area contributed by atoms with Crippen molar-refractivity contribution < 1.29 is 19.5 Å². The number of anilines is 1. The van der Waals surface area contributed by atoms with Crippen molar-refractivity contribution in [1.29, 1.82) is 0 Å². The number of ketones is 1. The molecular weight excluding hydrogens is 512 g/mol. The number of nitrogens with one attached hydrogen (secondary N) is 1. The summed E-state index contributed by atoms with van der Waals surface area (Å²) in [7, 11) is 0. The Morgan fingerprint density at radius 3 is 2.53 bits per heavy atom. The molecule has 1 aromatic heterocycles. The van der Waals surface area contributed by atoms with E-state index in [9.17, 15) is 19.5 Å². The minimum absolute atomic E-state index is 0.0372. The smallest absolute Gasteiger partial charge is 0.307 e. The van der Waals surface area contributed by atoms with Crippen molar-refractivity contribution in [3.63, 3.8) is 0 Å². The van der Waals surface area contributed by atoms with Gasteiger partial charge in [-0.15, -0.1) is 11.3 Å². The number of carbonyl (C=O) groups is 3. The van der Waals surface area contributed by atoms with Crippen LogP contribution in [0.3, 0.4) is 0 Å². The first-order chi connectivity index (χ1) is 15.4. The summed E-state index contributed by atoms with van der Waals surface area (Å²) < 4.78 is 2.62. The molecule has 1 aliphatic carbocycles. The van der Waals surface area contributed by atoms with Gasteiger partial charge in [0, 0.05) is 15.7 Å². The van der Waals surface area contributed by atoms with E-state index in [1.807, 2.05) is 24.3 Å². The number of rotatable bonds is 7. The Morgan fingerprint density at radius 2 is 1.81 bits per heavy atom. The molecule has 0 radical (unpaired) electrons. The topological polar surface area (TPSA) is 96.4 Å². The highest BCUT2D eigenvalue weighted by Crippen LogP contribution is 2.34. The number of halogens is 1. The number of aromatic nitrogens is 1. The average molecular weight is 533 g/mol. The molecule has 0 aliphatic heterocycles. The van der Waals surface area contributed by atoms with E-state index in [4.69, 9.17) is 0 Å². The summed E-state index contributed by atoms with van der Waals surface area (Å²) in [6.07, 6.45) is 2.85. The molecule has 2 N–H and O–H groups in total. The summed E-state index contributed by atoms with van der Waals surface area (Å²) in [5, 5.41) is 12.3. The number of benzene rings is 2. The molecule has 0 unspecified atom stereocenters. The van der Waals surface area contributed by atoms with E-state index in [-0.39, 0.29) is 11.7 Å². The van der Waals surface area contributed by atoms with E-state index in [2.05, 4.69) is 26.2 Å². The van der Waals surface area contributed by atoms with Crippen LogP contribution in [0.2, 0.25) is 0 Å². The minimum Gasteiger partial charge on any atom is -0.481 e. The molecule has 9 heteroatoms. The standard InChI is InChI=1S/C23H21BrN2O4S2/c24-14-7-5-13(6-8-14)19(27)12-31-23-26-18-10-9-15(11-20(18)32-23)25-21(28)16-3-1-2-4-17(16)22(29)30/h5-11,16-17H,1-4,12H2,(H,25,28)(H,29,30)/t16-,17-/m1/s1. The predicted octanol–water partition coefficient (Wildman–Crippen LogP) is 5.86. The lowest BCUT2D eigenvalue weighted by atomic mass is 9.78. The Morgan fingerprint density at radius 1 is 1.09 bits per heavy atom. The van der Waals surface area contributed by atoms with Crippen LogP contribution in [0.4, 0.5) is 5.69 Å². The maximum atomic E-state index is 12.7. The summed E-state index contributed by atoms with van der Waals surface area (Å²) in [5.74, 6) is -1.94. The molecule has 2 aromatic carbocycles. The van der Waals surface area contributed by atoms with Gasteiger partial charge in [0.05, 0.1) is 27.8 Å². The number of amides is 1. The molecule has 2 atom stereocenters. The minimum atomic E-state index is -0.901. The van der Waals surface area contributed by atoms with Gasteiger partial charge >= 0.3 is 5.97 Å². The monoisotopic (exact) mass is 532 g/mol. The Balaban J connectivity index is 1.41. The van der Waals surface area contributed by atoms with Crippen molar-refractivity contribution in [2.45, 2.75) is 30.0 Å². The molecular formula is C23H21BrN2O4S2. The number of aliphatic carboxylic acids is 1. The molecule has 1 amide bonds. The Kier molecular flexibility index (Phi) is 7.27. The second kappa shape index (κ2) is 10.1. The van der Waals surface area contributed by atoms with Gasteiger partial charge in [-0.05, 0) is 43.2 Å². The molecule has 1 aliphatic rings. The molecule has 0 bridgehead atoms. The Bertz CT molecular complexity index is 1160. The van der Waals surface area contributed by atoms with E-state index in [1.165, 1.54) is 23.1 Å². The van der Waals surface area contributed by atoms with E-state index < -0.39 is 17.8 Å². The zero-order valence-electron chi connectivity index (χ0n) is 17.0. The van der Waals surface area contributed by atoms with Crippen molar-refractivity contribution in [3.05, 3.63) is 52.5 Å². The lowest BCUT2D eigenvalue weighted by molar-refractivity contribution is -0.147. The lowest BCUT2D eigenvalue weighted by Gasteiger charge is -2.27. The van der Waals surface area contributed by atoms with Crippen molar-refractivity contribution in [3.8, 4) is 0 Å². The molecule has 32 heavy (non-hydrogen) atoms. The molecule has 3 aromatic rings. The number of nitrogens with zero attached hydrogens (tertiary/aromatic N) is 1. The average Bonchev–Trinajstić information content (AvgIpc) is 3.20. The molecule has 1 saturated carbocycles. The van der Waals surface area contributed by atoms with Gasteiger partial charge in [0.1, 0.15) is 0 Å². The number of thiazole rings is 1. The van der Waals surface area contributed by atoms with Crippen LogP contribution in [0, 0.1) is 11.8 Å². The largest absolute Gasteiger partial charge is 0.481 e. The number of fused-ring (bicyclic) bond motifs is 1. The SMILES string of the molecule is O=C(CSc1nc2ccc(NC(=O)[C@@H]3CCCC[C@H]3C(=O)O)cc2s1)c1ccc(Br)cc1. The summed E-state index contributed by atoms with van der Waals surface area (Å²) in [5.41, 5.74) is 2.09. The summed E-state index contributed by atoms with van der Waals surface area (Å²) in [4.78, 5) is 41.2. The highest BCUT2D eigenvalue weighted by atomic mass is 79.9. The normalized spacial score (nSPS) is 18.4. The van der Waals surface area contributed by atoms with Crippen molar-refractivity contribution in [1.82, 2.24) is 4.98 Å². The quantitative estimate of drug-likeness (QED) is 0.292. The van der Waals surface area contributed by atoms with E-state index in [0.29, 0.717) is 29.8 Å². The first-order valence-corrected chi connectivity index (χ1v) is 12.9. The van der Waals surface area contributed by atoms with E-state index >= 15 is 0 Å². The number of carbonyl (C=O) groups excluding carboxylic acids is 2. The first-order valence-electron chi connectivity index (χ1n) is 10.3. The van der Waals surface area contributed by atoms with Crippen LogP contribution in [0.25, 0.3) is 10.2 Å². The van der Waals surface area contributed by atoms with Gasteiger partial charge in [0.15, 0.2) is 10.1 Å². The number of thioether (sulfide) groups is 1. The number of hydrogen-bond acceptors (Lipinski definition) is 6. The molecule has 6 nitrogen and oxygen atoms in total. The second-order valence-corrected chi connectivity index (χ2v) is 10.9. The van der Waals surface area contributed by atoms with Gasteiger partial charge in [0.2, 0.25) is 5.91 Å². The van der Waals surface area contributed by atoms with E-state index in [1.54, 1.807) is 18.2 Å². The third-order valence-electron chi connectivity index (χ3n) is 5.55. The van der Waals surface area contributed by atoms with E-state index in [0.717, 1.165) is 31.9 Å². The molecule has 0 saturated heterocycles. The van der Waals surface area contributed by atoms with Crippen LogP contribution >= 0.6 is 39.0 Å². The molecule has 0 spiro atoms. The van der Waals surface area contributed by atoms with Crippen LogP contribution in [0.1, 0.15) is 36.0 Å². The number of hydrogen-bond donors (Lipinski definition) is 2. The van der Waals surface area contributed by atoms with Gasteiger partial charge in [-0.3, -0.25) is 14.4 Å². The van der Waals surface area contributed by atoms with Gasteiger partial charge in [-0.2, -0.15) is 0 Å². The van der Waals surface area contributed by atoms with Crippen molar-refractivity contribution in [2.24, 2.45) is 11.8 Å². The molecule has 166 valence electrons. The lowest BCUT2D eigenvalue weighted by Crippen LogP contribution is -2.36. The molecule has 1 fully saturated rings. The van der Waals surface area contributed by atoms with Crippen LogP contribution in [0.15, 0.2) is 51.3 Å². The van der Waals surface area contributed by atoms with Gasteiger partial charge < -0.3 is 10.4 Å². The van der Waals surface area contributed by atoms with Crippen LogP contribution in [0.5, 0.6) is 0 Å². The van der Waals surface area contributed by atoms with Crippen molar-refractivity contribution >= 4 is 72.6 Å². The predicted molar refractivity (Wildman–Crippen MR) is 131 cm³/mol. The van der Waals surface area contributed by atoms with Crippen LogP contribution < -0.4 is 5.32 Å². The summed E-state index contributed by atoms with van der Waals surface area (Å²) in [6.45, 7) is 0. The van der Waals surface area contributed by atoms with Gasteiger partial charge in [-0.1, -0.05) is 52.7 Å². The van der Waals surface area contributed by atoms with Crippen LogP contribution in [-0.4, -0.2) is 33.5 Å². The highest BCUT2D eigenvalue weighted by Gasteiger charge is 2.35. The maximum absolute atomic E-state index is 12.7. The highest BCUT2D eigenvalue weighted by molar-refractivity contribution is 9.10. The fraction of sp³-hybridized carbons (Fsp3) is 0.304. The van der Waals surface area contributed by atoms with Gasteiger partial charge in [-0.25, -0.2) is 4.98 Å². The Labute approximate surface area is 201 Å². The maximum Gasteiger partial charge on any atom is 0.307 e. The number of carboxylic acid groups (broad SMARTS) is 1. The van der Waals surface area contributed by atoms with Crippen LogP contribution in [-0.2, 0) is 9.59 Å². The first kappa shape index (κ1) is 22.9. The molecule has 4 rings (SSSR count). The fourth-order valence-corrected chi connectivity index (χ4v) is 6.13. The van der Waals surface area contributed by atoms with Gasteiger partial charge in [0.25, 0.3) is 0 Å². The number of Topliss-reactive ketones (excluding diaryl/α,β-unsaturated/α-hetero) is 1. The third-order valence-corrected chi connectivity index (χ3v) is 8.24. The zero-order valence-corrected chi connectivity index (χ0v) is 20.3. The third kappa shape index (κ3) is 5.39. The second-order valence-electron chi connectivity index (χ2n) is 7.71. The zero-order chi connectivity index (χ0) is 22.7. The Hall–Kier alpha value is -2.23. The fourth-order valence-electron chi connectivity index (χ4n) is 3.86. The summed E-state index contributed by atoms with van der Waals surface area (Å²) >= 11 is 6.22. The molecule has 1 heterocycles. The number of carboxylic acids is 1. The van der Waals surface area contributed by atoms with Crippen molar-refractivity contribution in [2.75, 3.05) is 11.1 Å². The summed E-state index contributed by atoms with van der Waals surface area (Å²) in [6, 6.07) is 12.7.